The van der Waals surface area contributed by atoms with Crippen LogP contribution in [0, 0.1) is 23.2 Å². The molecular formula is C16H28N2O. The van der Waals surface area contributed by atoms with E-state index in [1.54, 1.807) is 0 Å². The highest BCUT2D eigenvalue weighted by molar-refractivity contribution is 5.15. The molecule has 19 heavy (non-hydrogen) atoms. The van der Waals surface area contributed by atoms with Gasteiger partial charge in [0.2, 0.25) is 0 Å². The number of hydrogen-bond donors (Lipinski definition) is 1. The second kappa shape index (κ2) is 7.26. The van der Waals surface area contributed by atoms with Crippen molar-refractivity contribution in [3.63, 3.8) is 0 Å². The maximum atomic E-state index is 9.56. The van der Waals surface area contributed by atoms with Gasteiger partial charge in [0, 0.05) is 6.61 Å². The van der Waals surface area contributed by atoms with Gasteiger partial charge in [-0.25, -0.2) is 0 Å². The number of ether oxygens (including phenoxy) is 1. The summed E-state index contributed by atoms with van der Waals surface area (Å²) in [4.78, 5) is 0. The van der Waals surface area contributed by atoms with E-state index in [1.165, 1.54) is 44.9 Å². The summed E-state index contributed by atoms with van der Waals surface area (Å²) in [5, 5.41) is 13.0. The molecule has 0 aliphatic heterocycles. The van der Waals surface area contributed by atoms with E-state index >= 15 is 0 Å². The number of hydrogen-bond acceptors (Lipinski definition) is 3. The van der Waals surface area contributed by atoms with Gasteiger partial charge < -0.3 is 4.74 Å². The fraction of sp³-hybridized carbons (Fsp3) is 0.938. The average Bonchev–Trinajstić information content (AvgIpc) is 3.29. The van der Waals surface area contributed by atoms with E-state index in [2.05, 4.69) is 18.3 Å². The normalized spacial score (nSPS) is 23.8. The van der Waals surface area contributed by atoms with Crippen LogP contribution in [0.3, 0.4) is 0 Å². The topological polar surface area (TPSA) is 45.0 Å². The molecule has 0 aromatic carbocycles. The number of nitrogens with one attached hydrogen (secondary N) is 1. The Bertz CT molecular complexity index is 302. The predicted molar refractivity (Wildman–Crippen MR) is 76.8 cm³/mol. The van der Waals surface area contributed by atoms with Crippen LogP contribution in [0.5, 0.6) is 0 Å². The maximum Gasteiger partial charge on any atom is 0.133 e. The van der Waals surface area contributed by atoms with Crippen molar-refractivity contribution in [3.05, 3.63) is 0 Å². The molecular weight excluding hydrogens is 236 g/mol. The summed E-state index contributed by atoms with van der Waals surface area (Å²) < 4.78 is 5.94. The van der Waals surface area contributed by atoms with Crippen LogP contribution in [0.4, 0.5) is 0 Å². The highest BCUT2D eigenvalue weighted by Gasteiger charge is 2.45. The number of nitrogens with zero attached hydrogens (tertiary/aromatic N) is 1. The maximum absolute atomic E-state index is 9.56. The molecule has 2 fully saturated rings. The van der Waals surface area contributed by atoms with Crippen molar-refractivity contribution in [1.29, 1.82) is 5.26 Å². The van der Waals surface area contributed by atoms with Crippen LogP contribution in [-0.2, 0) is 4.74 Å². The lowest BCUT2D eigenvalue weighted by molar-refractivity contribution is 0.0475. The Morgan fingerprint density at radius 2 is 1.95 bits per heavy atom. The molecule has 2 aliphatic rings. The van der Waals surface area contributed by atoms with Crippen LogP contribution < -0.4 is 5.32 Å². The summed E-state index contributed by atoms with van der Waals surface area (Å²) in [7, 11) is 0. The molecule has 1 N–H and O–H groups in total. The van der Waals surface area contributed by atoms with Gasteiger partial charge in [-0.1, -0.05) is 26.2 Å². The van der Waals surface area contributed by atoms with Crippen molar-refractivity contribution < 1.29 is 4.74 Å². The Morgan fingerprint density at radius 3 is 2.53 bits per heavy atom. The SMILES string of the molecule is CCCNC(C#N)(COCC1CCCCC1)C1CC1. The van der Waals surface area contributed by atoms with Gasteiger partial charge >= 0.3 is 0 Å². The summed E-state index contributed by atoms with van der Waals surface area (Å²) in [5.74, 6) is 1.24. The Labute approximate surface area is 117 Å². The molecule has 0 heterocycles. The number of nitriles is 1. The fourth-order valence-corrected chi connectivity index (χ4v) is 3.14. The first kappa shape index (κ1) is 14.8. The van der Waals surface area contributed by atoms with Crippen molar-refractivity contribution in [3.8, 4) is 6.07 Å². The van der Waals surface area contributed by atoms with E-state index in [4.69, 9.17) is 4.74 Å². The van der Waals surface area contributed by atoms with Crippen LogP contribution in [0.1, 0.15) is 58.3 Å². The third-order valence-corrected chi connectivity index (χ3v) is 4.57. The monoisotopic (exact) mass is 264 g/mol. The molecule has 0 radical (unpaired) electrons. The quantitative estimate of drug-likeness (QED) is 0.732. The summed E-state index contributed by atoms with van der Waals surface area (Å²) in [6.07, 6.45) is 10.1. The van der Waals surface area contributed by atoms with Gasteiger partial charge in [-0.15, -0.1) is 0 Å². The van der Waals surface area contributed by atoms with Crippen molar-refractivity contribution in [2.75, 3.05) is 19.8 Å². The van der Waals surface area contributed by atoms with Crippen LogP contribution in [0.15, 0.2) is 0 Å². The lowest BCUT2D eigenvalue weighted by Gasteiger charge is -2.29. The molecule has 2 aliphatic carbocycles. The summed E-state index contributed by atoms with van der Waals surface area (Å²) in [5.41, 5.74) is -0.412. The van der Waals surface area contributed by atoms with E-state index in [9.17, 15) is 5.26 Å². The fourth-order valence-electron chi connectivity index (χ4n) is 3.14. The lowest BCUT2D eigenvalue weighted by Crippen LogP contribution is -2.50. The van der Waals surface area contributed by atoms with Gasteiger partial charge in [0.1, 0.15) is 5.54 Å². The third-order valence-electron chi connectivity index (χ3n) is 4.57. The van der Waals surface area contributed by atoms with Crippen molar-refractivity contribution in [2.45, 2.75) is 63.8 Å². The van der Waals surface area contributed by atoms with E-state index < -0.39 is 5.54 Å². The van der Waals surface area contributed by atoms with Gasteiger partial charge in [0.05, 0.1) is 12.7 Å². The number of rotatable bonds is 8. The van der Waals surface area contributed by atoms with E-state index in [0.717, 1.165) is 25.5 Å². The molecule has 0 aromatic rings. The van der Waals surface area contributed by atoms with Gasteiger partial charge in [-0.2, -0.15) is 5.26 Å². The molecule has 0 spiro atoms. The molecule has 0 aromatic heterocycles. The summed E-state index contributed by atoms with van der Waals surface area (Å²) in [6.45, 7) is 4.48. The molecule has 1 atom stereocenters. The Hall–Kier alpha value is -0.590. The second-order valence-corrected chi connectivity index (χ2v) is 6.30. The van der Waals surface area contributed by atoms with Crippen molar-refractivity contribution in [2.24, 2.45) is 11.8 Å². The minimum Gasteiger partial charge on any atom is -0.378 e. The van der Waals surface area contributed by atoms with Crippen LogP contribution in [0.2, 0.25) is 0 Å². The zero-order valence-electron chi connectivity index (χ0n) is 12.3. The smallest absolute Gasteiger partial charge is 0.133 e. The van der Waals surface area contributed by atoms with E-state index in [1.807, 2.05) is 0 Å². The minimum atomic E-state index is -0.412. The van der Waals surface area contributed by atoms with Crippen molar-refractivity contribution in [1.82, 2.24) is 5.32 Å². The molecule has 2 rings (SSSR count). The highest BCUT2D eigenvalue weighted by atomic mass is 16.5. The van der Waals surface area contributed by atoms with E-state index in [-0.39, 0.29) is 0 Å². The van der Waals surface area contributed by atoms with Crippen molar-refractivity contribution >= 4 is 0 Å². The van der Waals surface area contributed by atoms with Gasteiger partial charge in [-0.05, 0) is 50.5 Å². The largest absolute Gasteiger partial charge is 0.378 e. The molecule has 108 valence electrons. The van der Waals surface area contributed by atoms with Gasteiger partial charge in [0.25, 0.3) is 0 Å². The molecule has 0 bridgehead atoms. The molecule has 1 unspecified atom stereocenters. The molecule has 2 saturated carbocycles. The second-order valence-electron chi connectivity index (χ2n) is 6.30. The Balaban J connectivity index is 1.77. The van der Waals surface area contributed by atoms with Gasteiger partial charge in [0.15, 0.2) is 0 Å². The predicted octanol–water partition coefficient (Wildman–Crippen LogP) is 3.26. The zero-order valence-corrected chi connectivity index (χ0v) is 12.3. The Morgan fingerprint density at radius 1 is 1.21 bits per heavy atom. The highest BCUT2D eigenvalue weighted by Crippen LogP contribution is 2.39. The molecule has 3 heteroatoms. The van der Waals surface area contributed by atoms with E-state index in [0.29, 0.717) is 12.5 Å². The van der Waals surface area contributed by atoms with Crippen LogP contribution in [-0.4, -0.2) is 25.3 Å². The van der Waals surface area contributed by atoms with Crippen LogP contribution >= 0.6 is 0 Å². The molecule has 0 saturated heterocycles. The first-order chi connectivity index (χ1) is 9.30. The first-order valence-corrected chi connectivity index (χ1v) is 8.05. The minimum absolute atomic E-state index is 0.412. The van der Waals surface area contributed by atoms with Crippen LogP contribution in [0.25, 0.3) is 0 Å². The molecule has 0 amide bonds. The third kappa shape index (κ3) is 4.19. The molecule has 3 nitrogen and oxygen atoms in total. The standard InChI is InChI=1S/C16H28N2O/c1-2-10-18-16(12-17,15-8-9-15)13-19-11-14-6-4-3-5-7-14/h14-15,18H,2-11,13H2,1H3. The summed E-state index contributed by atoms with van der Waals surface area (Å²) in [6, 6.07) is 2.51. The lowest BCUT2D eigenvalue weighted by atomic mass is 9.90. The average molecular weight is 264 g/mol. The van der Waals surface area contributed by atoms with Gasteiger partial charge in [-0.3, -0.25) is 5.32 Å². The first-order valence-electron chi connectivity index (χ1n) is 8.05. The summed E-state index contributed by atoms with van der Waals surface area (Å²) >= 11 is 0. The zero-order chi connectivity index (χ0) is 13.6. The Kier molecular flexibility index (Phi) is 5.66.